The second-order valence-electron chi connectivity index (χ2n) is 7.93. The Labute approximate surface area is 181 Å². The first-order valence-corrected chi connectivity index (χ1v) is 10.7. The van der Waals surface area contributed by atoms with Crippen molar-refractivity contribution in [2.24, 2.45) is 7.05 Å². The molecule has 2 aromatic carbocycles. The fourth-order valence-electron chi connectivity index (χ4n) is 4.27. The van der Waals surface area contributed by atoms with Crippen LogP contribution in [0.5, 0.6) is 5.75 Å². The second-order valence-corrected chi connectivity index (χ2v) is 7.93. The van der Waals surface area contributed by atoms with Gasteiger partial charge in [-0.05, 0) is 49.7 Å². The van der Waals surface area contributed by atoms with Gasteiger partial charge in [-0.1, -0.05) is 30.3 Å². The molecule has 7 heteroatoms. The molecule has 0 spiro atoms. The van der Waals surface area contributed by atoms with E-state index in [1.807, 2.05) is 30.3 Å². The van der Waals surface area contributed by atoms with E-state index in [-0.39, 0.29) is 23.9 Å². The van der Waals surface area contributed by atoms with Crippen LogP contribution in [0.25, 0.3) is 10.8 Å². The van der Waals surface area contributed by atoms with Gasteiger partial charge in [0.1, 0.15) is 5.75 Å². The smallest absolute Gasteiger partial charge is 0.274 e. The summed E-state index contributed by atoms with van der Waals surface area (Å²) in [5.41, 5.74) is 1.61. The summed E-state index contributed by atoms with van der Waals surface area (Å²) in [4.78, 5) is 27.6. The van der Waals surface area contributed by atoms with Gasteiger partial charge in [-0.3, -0.25) is 14.5 Å². The molecule has 0 radical (unpaired) electrons. The predicted molar refractivity (Wildman–Crippen MR) is 120 cm³/mol. The van der Waals surface area contributed by atoms with Crippen molar-refractivity contribution in [3.63, 3.8) is 0 Å². The van der Waals surface area contributed by atoms with Crippen LogP contribution in [-0.2, 0) is 18.3 Å². The first kappa shape index (κ1) is 21.1. The van der Waals surface area contributed by atoms with Crippen molar-refractivity contribution in [2.75, 3.05) is 26.7 Å². The molecule has 1 amide bonds. The summed E-state index contributed by atoms with van der Waals surface area (Å²) < 4.78 is 6.58. The Balaban J connectivity index is 1.50. The number of benzene rings is 2. The molecule has 0 unspecified atom stereocenters. The topological polar surface area (TPSA) is 76.5 Å². The highest BCUT2D eigenvalue weighted by Gasteiger charge is 2.24. The number of ether oxygens (including phenoxy) is 1. The van der Waals surface area contributed by atoms with Gasteiger partial charge in [-0.25, -0.2) is 4.68 Å². The Kier molecular flexibility index (Phi) is 6.32. The highest BCUT2D eigenvalue weighted by atomic mass is 16.5. The van der Waals surface area contributed by atoms with E-state index in [4.69, 9.17) is 4.74 Å². The number of methoxy groups -OCH3 is 1. The number of hydrogen-bond donors (Lipinski definition) is 1. The molecule has 0 bridgehead atoms. The van der Waals surface area contributed by atoms with E-state index in [9.17, 15) is 9.59 Å². The maximum atomic E-state index is 12.8. The van der Waals surface area contributed by atoms with E-state index in [2.05, 4.69) is 27.4 Å². The molecule has 1 aliphatic rings. The molecule has 1 saturated heterocycles. The Hall–Kier alpha value is -3.19. The minimum absolute atomic E-state index is 0.103. The molecule has 2 heterocycles. The number of aryl methyl sites for hydroxylation is 1. The zero-order chi connectivity index (χ0) is 21.8. The number of hydrogen-bond acceptors (Lipinski definition) is 5. The van der Waals surface area contributed by atoms with Crippen LogP contribution in [0.2, 0.25) is 0 Å². The summed E-state index contributed by atoms with van der Waals surface area (Å²) in [5, 5.41) is 8.74. The number of carbonyl (C=O) groups is 1. The highest BCUT2D eigenvalue weighted by Crippen LogP contribution is 2.26. The molecule has 1 fully saturated rings. The van der Waals surface area contributed by atoms with E-state index in [0.29, 0.717) is 17.6 Å². The lowest BCUT2D eigenvalue weighted by Crippen LogP contribution is -2.37. The third-order valence-corrected chi connectivity index (χ3v) is 5.94. The van der Waals surface area contributed by atoms with E-state index < -0.39 is 0 Å². The molecule has 162 valence electrons. The van der Waals surface area contributed by atoms with Gasteiger partial charge in [-0.2, -0.15) is 5.10 Å². The van der Waals surface area contributed by atoms with E-state index in [0.717, 1.165) is 29.8 Å². The molecule has 3 aromatic rings. The van der Waals surface area contributed by atoms with Crippen molar-refractivity contribution in [1.29, 1.82) is 0 Å². The Morgan fingerprint density at radius 2 is 1.77 bits per heavy atom. The minimum atomic E-state index is -0.159. The molecule has 1 aliphatic heterocycles. The van der Waals surface area contributed by atoms with Crippen molar-refractivity contribution in [2.45, 2.75) is 25.3 Å². The average molecular weight is 421 g/mol. The number of likely N-dealkylation sites (tertiary alicyclic amines) is 1. The number of carbonyl (C=O) groups excluding carboxylic acids is 1. The largest absolute Gasteiger partial charge is 0.497 e. The summed E-state index contributed by atoms with van der Waals surface area (Å²) >= 11 is 0. The zero-order valence-electron chi connectivity index (χ0n) is 18.0. The van der Waals surface area contributed by atoms with Crippen LogP contribution in [0.15, 0.2) is 53.3 Å². The number of rotatable bonds is 7. The summed E-state index contributed by atoms with van der Waals surface area (Å²) in [7, 11) is 3.27. The van der Waals surface area contributed by atoms with Gasteiger partial charge in [0.15, 0.2) is 0 Å². The SMILES string of the molecule is COc1ccc([C@@H](CNC(=O)Cc2nn(C)c(=O)c3ccccc23)N2CCCC2)cc1. The molecule has 31 heavy (non-hydrogen) atoms. The lowest BCUT2D eigenvalue weighted by molar-refractivity contribution is -0.120. The fourth-order valence-corrected chi connectivity index (χ4v) is 4.27. The number of nitrogens with one attached hydrogen (secondary N) is 1. The van der Waals surface area contributed by atoms with Crippen molar-refractivity contribution in [1.82, 2.24) is 20.0 Å². The van der Waals surface area contributed by atoms with Crippen LogP contribution >= 0.6 is 0 Å². The summed E-state index contributed by atoms with van der Waals surface area (Å²) in [6.45, 7) is 2.58. The van der Waals surface area contributed by atoms with Gasteiger partial charge in [-0.15, -0.1) is 0 Å². The first-order valence-electron chi connectivity index (χ1n) is 10.7. The van der Waals surface area contributed by atoms with Gasteiger partial charge in [0.05, 0.1) is 30.7 Å². The molecule has 1 N–H and O–H groups in total. The Bertz CT molecular complexity index is 1120. The number of fused-ring (bicyclic) bond motifs is 1. The quantitative estimate of drug-likeness (QED) is 0.635. The highest BCUT2D eigenvalue weighted by molar-refractivity contribution is 5.88. The monoisotopic (exact) mass is 420 g/mol. The first-order chi connectivity index (χ1) is 15.1. The lowest BCUT2D eigenvalue weighted by Gasteiger charge is -2.28. The van der Waals surface area contributed by atoms with Crippen LogP contribution < -0.4 is 15.6 Å². The molecular weight excluding hydrogens is 392 g/mol. The summed E-state index contributed by atoms with van der Waals surface area (Å²) in [6.07, 6.45) is 2.48. The van der Waals surface area contributed by atoms with Gasteiger partial charge in [0.25, 0.3) is 5.56 Å². The van der Waals surface area contributed by atoms with Crippen LogP contribution in [0, 0.1) is 0 Å². The Morgan fingerprint density at radius 1 is 1.10 bits per heavy atom. The molecule has 7 nitrogen and oxygen atoms in total. The normalized spacial score (nSPS) is 15.2. The average Bonchev–Trinajstić information content (AvgIpc) is 3.32. The van der Waals surface area contributed by atoms with Crippen LogP contribution in [0.3, 0.4) is 0 Å². The van der Waals surface area contributed by atoms with E-state index in [1.165, 1.54) is 17.5 Å². The van der Waals surface area contributed by atoms with Gasteiger partial charge in [0, 0.05) is 19.0 Å². The lowest BCUT2D eigenvalue weighted by atomic mass is 10.0. The van der Waals surface area contributed by atoms with Crippen LogP contribution in [0.1, 0.15) is 30.1 Å². The maximum Gasteiger partial charge on any atom is 0.274 e. The van der Waals surface area contributed by atoms with Crippen LogP contribution in [0.4, 0.5) is 0 Å². The van der Waals surface area contributed by atoms with Crippen molar-refractivity contribution >= 4 is 16.7 Å². The standard InChI is InChI=1S/C24H28N4O3/c1-27-24(30)20-8-4-3-7-19(20)21(26-27)15-23(29)25-16-22(28-13-5-6-14-28)17-9-11-18(31-2)12-10-17/h3-4,7-12,22H,5-6,13-16H2,1-2H3,(H,25,29)/t22-/m1/s1. The summed E-state index contributed by atoms with van der Waals surface area (Å²) in [6, 6.07) is 15.5. The molecule has 1 aromatic heterocycles. The third kappa shape index (κ3) is 4.61. The maximum absolute atomic E-state index is 12.8. The minimum Gasteiger partial charge on any atom is -0.497 e. The molecule has 0 saturated carbocycles. The molecule has 0 aliphatic carbocycles. The van der Waals surface area contributed by atoms with Gasteiger partial charge >= 0.3 is 0 Å². The fraction of sp³-hybridized carbons (Fsp3) is 0.375. The van der Waals surface area contributed by atoms with Crippen molar-refractivity contribution in [3.8, 4) is 5.75 Å². The summed E-state index contributed by atoms with van der Waals surface area (Å²) in [5.74, 6) is 0.717. The van der Waals surface area contributed by atoms with Crippen molar-refractivity contribution < 1.29 is 9.53 Å². The van der Waals surface area contributed by atoms with Gasteiger partial charge < -0.3 is 10.1 Å². The van der Waals surface area contributed by atoms with E-state index in [1.54, 1.807) is 20.2 Å². The molecular formula is C24H28N4O3. The Morgan fingerprint density at radius 3 is 2.45 bits per heavy atom. The van der Waals surface area contributed by atoms with E-state index >= 15 is 0 Å². The number of nitrogens with zero attached hydrogens (tertiary/aromatic N) is 3. The predicted octanol–water partition coefficient (Wildman–Crippen LogP) is 2.44. The molecule has 4 rings (SSSR count). The zero-order valence-corrected chi connectivity index (χ0v) is 18.0. The molecule has 1 atom stereocenters. The van der Waals surface area contributed by atoms with Crippen LogP contribution in [-0.4, -0.2) is 47.3 Å². The number of aromatic nitrogens is 2. The van der Waals surface area contributed by atoms with Gasteiger partial charge in [0.2, 0.25) is 5.91 Å². The number of amides is 1. The third-order valence-electron chi connectivity index (χ3n) is 5.94. The second kappa shape index (κ2) is 9.31. The van der Waals surface area contributed by atoms with Crippen molar-refractivity contribution in [3.05, 3.63) is 70.1 Å².